The lowest BCUT2D eigenvalue weighted by Crippen LogP contribution is -2.46. The molecule has 1 aliphatic rings. The standard InChI is InChI=1S/C19H25N3O2S/c1-4-15-10-7-8-12-22(15)18(23)14(3)25-19-21-20-17(24-19)16-11-6-5-9-13(16)2/h5-6,9,11,14-15H,4,7-8,10,12H2,1-3H3/t14-,15+/m0/s1. The van der Waals surface area contributed by atoms with Gasteiger partial charge in [-0.1, -0.05) is 36.9 Å². The molecule has 1 aromatic carbocycles. The normalized spacial score (nSPS) is 19.0. The van der Waals surface area contributed by atoms with Crippen LogP contribution in [0.3, 0.4) is 0 Å². The second kappa shape index (κ2) is 8.04. The summed E-state index contributed by atoms with van der Waals surface area (Å²) in [6.07, 6.45) is 4.43. The van der Waals surface area contributed by atoms with Gasteiger partial charge >= 0.3 is 0 Å². The number of piperidine rings is 1. The van der Waals surface area contributed by atoms with E-state index >= 15 is 0 Å². The van der Waals surface area contributed by atoms with Crippen LogP contribution >= 0.6 is 11.8 Å². The molecule has 5 nitrogen and oxygen atoms in total. The molecule has 0 radical (unpaired) electrons. The predicted molar refractivity (Wildman–Crippen MR) is 99.4 cm³/mol. The van der Waals surface area contributed by atoms with Crippen molar-refractivity contribution in [3.63, 3.8) is 0 Å². The number of thioether (sulfide) groups is 1. The maximum absolute atomic E-state index is 12.8. The summed E-state index contributed by atoms with van der Waals surface area (Å²) in [4.78, 5) is 14.9. The van der Waals surface area contributed by atoms with Gasteiger partial charge in [0.1, 0.15) is 0 Å². The summed E-state index contributed by atoms with van der Waals surface area (Å²) in [5.74, 6) is 0.678. The van der Waals surface area contributed by atoms with Gasteiger partial charge < -0.3 is 9.32 Å². The van der Waals surface area contributed by atoms with Crippen molar-refractivity contribution in [3.8, 4) is 11.5 Å². The summed E-state index contributed by atoms with van der Waals surface area (Å²) in [6, 6.07) is 8.28. The summed E-state index contributed by atoms with van der Waals surface area (Å²) < 4.78 is 5.78. The highest BCUT2D eigenvalue weighted by molar-refractivity contribution is 8.00. The van der Waals surface area contributed by atoms with E-state index in [1.165, 1.54) is 18.2 Å². The molecule has 25 heavy (non-hydrogen) atoms. The molecule has 0 aliphatic carbocycles. The van der Waals surface area contributed by atoms with Gasteiger partial charge in [-0.15, -0.1) is 10.2 Å². The molecule has 1 aromatic heterocycles. The highest BCUT2D eigenvalue weighted by atomic mass is 32.2. The number of rotatable bonds is 5. The average molecular weight is 359 g/mol. The number of carbonyl (C=O) groups excluding carboxylic acids is 1. The zero-order valence-electron chi connectivity index (χ0n) is 15.1. The largest absolute Gasteiger partial charge is 0.411 e. The van der Waals surface area contributed by atoms with Gasteiger partial charge in [0, 0.05) is 18.2 Å². The van der Waals surface area contributed by atoms with Crippen LogP contribution in [0, 0.1) is 6.92 Å². The highest BCUT2D eigenvalue weighted by Crippen LogP contribution is 2.30. The molecule has 1 aliphatic heterocycles. The Labute approximate surface area is 153 Å². The zero-order chi connectivity index (χ0) is 17.8. The van der Waals surface area contributed by atoms with Crippen molar-refractivity contribution in [1.82, 2.24) is 15.1 Å². The predicted octanol–water partition coefficient (Wildman–Crippen LogP) is 4.32. The van der Waals surface area contributed by atoms with Gasteiger partial charge in [0.2, 0.25) is 11.8 Å². The number of hydrogen-bond acceptors (Lipinski definition) is 5. The third kappa shape index (κ3) is 4.06. The summed E-state index contributed by atoms with van der Waals surface area (Å²) >= 11 is 1.35. The van der Waals surface area contributed by atoms with Gasteiger partial charge in [-0.2, -0.15) is 0 Å². The fourth-order valence-electron chi connectivity index (χ4n) is 3.33. The van der Waals surface area contributed by atoms with Gasteiger partial charge in [-0.25, -0.2) is 0 Å². The molecule has 0 saturated carbocycles. The van der Waals surface area contributed by atoms with E-state index in [0.29, 0.717) is 17.2 Å². The first kappa shape index (κ1) is 18.0. The van der Waals surface area contributed by atoms with Crippen LogP contribution in [-0.4, -0.2) is 38.8 Å². The maximum Gasteiger partial charge on any atom is 0.277 e. The molecule has 3 rings (SSSR count). The summed E-state index contributed by atoms with van der Waals surface area (Å²) in [5.41, 5.74) is 2.02. The lowest BCUT2D eigenvalue weighted by Gasteiger charge is -2.36. The molecule has 1 fully saturated rings. The van der Waals surface area contributed by atoms with E-state index < -0.39 is 0 Å². The van der Waals surface area contributed by atoms with Crippen molar-refractivity contribution in [2.24, 2.45) is 0 Å². The van der Waals surface area contributed by atoms with Crippen LogP contribution in [0.5, 0.6) is 0 Å². The van der Waals surface area contributed by atoms with E-state index in [9.17, 15) is 4.79 Å². The molecular weight excluding hydrogens is 334 g/mol. The highest BCUT2D eigenvalue weighted by Gasteiger charge is 2.30. The minimum atomic E-state index is -0.225. The van der Waals surface area contributed by atoms with Crippen LogP contribution in [0.1, 0.15) is 45.1 Å². The summed E-state index contributed by atoms with van der Waals surface area (Å²) in [6.45, 7) is 6.95. The summed E-state index contributed by atoms with van der Waals surface area (Å²) in [5, 5.41) is 8.48. The van der Waals surface area contributed by atoms with E-state index in [0.717, 1.165) is 36.9 Å². The van der Waals surface area contributed by atoms with Gasteiger partial charge in [0.25, 0.3) is 5.22 Å². The fraction of sp³-hybridized carbons (Fsp3) is 0.526. The van der Waals surface area contributed by atoms with Crippen molar-refractivity contribution >= 4 is 17.7 Å². The molecule has 0 bridgehead atoms. The number of carbonyl (C=O) groups is 1. The molecule has 2 atom stereocenters. The molecular formula is C19H25N3O2S. The Morgan fingerprint density at radius 3 is 2.92 bits per heavy atom. The minimum absolute atomic E-state index is 0.173. The maximum atomic E-state index is 12.8. The second-order valence-corrected chi connectivity index (χ2v) is 7.83. The van der Waals surface area contributed by atoms with Crippen LogP contribution < -0.4 is 0 Å². The molecule has 0 spiro atoms. The van der Waals surface area contributed by atoms with E-state index in [1.54, 1.807) is 0 Å². The number of hydrogen-bond donors (Lipinski definition) is 0. The van der Waals surface area contributed by atoms with Crippen LogP contribution in [-0.2, 0) is 4.79 Å². The Kier molecular flexibility index (Phi) is 5.78. The van der Waals surface area contributed by atoms with E-state index in [4.69, 9.17) is 4.42 Å². The lowest BCUT2D eigenvalue weighted by atomic mass is 10.00. The Balaban J connectivity index is 1.68. The SMILES string of the molecule is CC[C@@H]1CCCCN1C(=O)[C@H](C)Sc1nnc(-c2ccccc2C)o1. The number of aromatic nitrogens is 2. The second-order valence-electron chi connectivity index (χ2n) is 6.54. The summed E-state index contributed by atoms with van der Waals surface area (Å²) in [7, 11) is 0. The smallest absolute Gasteiger partial charge is 0.277 e. The van der Waals surface area contributed by atoms with E-state index in [1.807, 2.05) is 43.0 Å². The molecule has 134 valence electrons. The first-order chi connectivity index (χ1) is 12.1. The number of amides is 1. The van der Waals surface area contributed by atoms with Crippen molar-refractivity contribution in [2.75, 3.05) is 6.54 Å². The zero-order valence-corrected chi connectivity index (χ0v) is 15.9. The molecule has 1 saturated heterocycles. The molecule has 0 N–H and O–H groups in total. The van der Waals surface area contributed by atoms with Crippen molar-refractivity contribution in [2.45, 2.75) is 63.0 Å². The Morgan fingerprint density at radius 2 is 2.16 bits per heavy atom. The minimum Gasteiger partial charge on any atom is -0.411 e. The third-order valence-corrected chi connectivity index (χ3v) is 5.71. The van der Waals surface area contributed by atoms with Gasteiger partial charge in [0.05, 0.1) is 5.25 Å². The first-order valence-electron chi connectivity index (χ1n) is 8.96. The number of nitrogens with zero attached hydrogens (tertiary/aromatic N) is 3. The Morgan fingerprint density at radius 1 is 1.36 bits per heavy atom. The topological polar surface area (TPSA) is 59.2 Å². The molecule has 0 unspecified atom stereocenters. The van der Waals surface area contributed by atoms with Crippen molar-refractivity contribution < 1.29 is 9.21 Å². The fourth-order valence-corrected chi connectivity index (χ4v) is 4.08. The van der Waals surface area contributed by atoms with Gasteiger partial charge in [-0.05, 0) is 51.2 Å². The van der Waals surface area contributed by atoms with Crippen LogP contribution in [0.2, 0.25) is 0 Å². The van der Waals surface area contributed by atoms with Crippen LogP contribution in [0.25, 0.3) is 11.5 Å². The quantitative estimate of drug-likeness (QED) is 0.744. The number of aryl methyl sites for hydroxylation is 1. The molecule has 1 amide bonds. The van der Waals surface area contributed by atoms with Crippen molar-refractivity contribution in [3.05, 3.63) is 29.8 Å². The van der Waals surface area contributed by atoms with E-state index in [-0.39, 0.29) is 11.2 Å². The Bertz CT molecular complexity index is 731. The van der Waals surface area contributed by atoms with E-state index in [2.05, 4.69) is 17.1 Å². The monoisotopic (exact) mass is 359 g/mol. The van der Waals surface area contributed by atoms with Gasteiger partial charge in [-0.3, -0.25) is 4.79 Å². The van der Waals surface area contributed by atoms with Gasteiger partial charge in [0.15, 0.2) is 0 Å². The van der Waals surface area contributed by atoms with Crippen molar-refractivity contribution in [1.29, 1.82) is 0 Å². The number of likely N-dealkylation sites (tertiary alicyclic amines) is 1. The molecule has 2 heterocycles. The molecule has 6 heteroatoms. The first-order valence-corrected chi connectivity index (χ1v) is 9.84. The average Bonchev–Trinajstić information content (AvgIpc) is 3.09. The third-order valence-electron chi connectivity index (χ3n) is 4.79. The van der Waals surface area contributed by atoms with Crippen LogP contribution in [0.4, 0.5) is 0 Å². The number of benzene rings is 1. The Hall–Kier alpha value is -1.82. The lowest BCUT2D eigenvalue weighted by molar-refractivity contribution is -0.134. The molecule has 2 aromatic rings. The van der Waals surface area contributed by atoms with Crippen LogP contribution in [0.15, 0.2) is 33.9 Å².